The van der Waals surface area contributed by atoms with E-state index in [4.69, 9.17) is 19.5 Å². The molecule has 0 bridgehead atoms. The zero-order chi connectivity index (χ0) is 31.2. The molecule has 1 fully saturated rings. The van der Waals surface area contributed by atoms with E-state index in [1.54, 1.807) is 11.3 Å². The van der Waals surface area contributed by atoms with Crippen molar-refractivity contribution >= 4 is 50.7 Å². The van der Waals surface area contributed by atoms with Crippen LogP contribution in [0.15, 0.2) is 36.7 Å². The highest BCUT2D eigenvalue weighted by Gasteiger charge is 2.25. The third-order valence-corrected chi connectivity index (χ3v) is 11.9. The molecule has 240 valence electrons. The summed E-state index contributed by atoms with van der Waals surface area (Å²) in [6, 6.07) is 6.17. The average molecular weight is 664 g/mol. The number of aryl methyl sites for hydroxylation is 1. The molecule has 0 aliphatic carbocycles. The Hall–Kier alpha value is -2.41. The van der Waals surface area contributed by atoms with Crippen LogP contribution in [0.2, 0.25) is 0 Å². The van der Waals surface area contributed by atoms with Crippen LogP contribution in [0.5, 0.6) is 5.19 Å². The topological polar surface area (TPSA) is 146 Å². The van der Waals surface area contributed by atoms with Gasteiger partial charge in [0.1, 0.15) is 6.10 Å². The maximum absolute atomic E-state index is 12.8. The third-order valence-electron chi connectivity index (χ3n) is 8.13. The first-order valence-corrected chi connectivity index (χ1v) is 19.7. The molecule has 0 spiro atoms. The fraction of sp³-hybridized carbons (Fsp3) is 0.567. The van der Waals surface area contributed by atoms with Gasteiger partial charge in [-0.1, -0.05) is 49.7 Å². The number of piperidine rings is 1. The molecule has 2 aliphatic heterocycles. The van der Waals surface area contributed by atoms with Gasteiger partial charge in [0.05, 0.1) is 16.0 Å². The van der Waals surface area contributed by atoms with Gasteiger partial charge in [0.15, 0.2) is 0 Å². The number of unbranched alkanes of at least 4 members (excludes halogenated alkanes) is 3. The van der Waals surface area contributed by atoms with Gasteiger partial charge in [0, 0.05) is 57.6 Å². The molecule has 3 aromatic rings. The number of hydrogen-bond donors (Lipinski definition) is 2. The molecule has 11 nitrogen and oxygen atoms in total. The van der Waals surface area contributed by atoms with Crippen molar-refractivity contribution in [1.82, 2.24) is 19.3 Å². The minimum Gasteiger partial charge on any atom is -0.467 e. The lowest BCUT2D eigenvalue weighted by atomic mass is 10.0. The highest BCUT2D eigenvalue weighted by atomic mass is 32.2. The van der Waals surface area contributed by atoms with Crippen LogP contribution in [0.3, 0.4) is 0 Å². The van der Waals surface area contributed by atoms with Crippen LogP contribution in [0, 0.1) is 0 Å². The lowest BCUT2D eigenvalue weighted by Crippen LogP contribution is -2.39. The Morgan fingerprint density at radius 1 is 1.07 bits per heavy atom. The minimum absolute atomic E-state index is 0.0562. The molecule has 0 atom stereocenters. The van der Waals surface area contributed by atoms with Gasteiger partial charge < -0.3 is 19.4 Å². The quantitative estimate of drug-likeness (QED) is 0.173. The molecule has 2 N–H and O–H groups in total. The normalized spacial score (nSPS) is 17.2. The van der Waals surface area contributed by atoms with Gasteiger partial charge in [-0.25, -0.2) is 23.4 Å². The lowest BCUT2D eigenvalue weighted by molar-refractivity contribution is 0.170. The maximum atomic E-state index is 12.8. The lowest BCUT2D eigenvalue weighted by Gasteiger charge is -2.31. The Balaban J connectivity index is 1.10. The highest BCUT2D eigenvalue weighted by Crippen LogP contribution is 2.36. The summed E-state index contributed by atoms with van der Waals surface area (Å²) in [5, 5.41) is 0.674. The molecule has 2 aromatic heterocycles. The predicted molar refractivity (Wildman–Crippen MR) is 175 cm³/mol. The number of hydrogen-bond acceptors (Lipinski definition) is 9. The summed E-state index contributed by atoms with van der Waals surface area (Å²) in [7, 11) is -7.35. The summed E-state index contributed by atoms with van der Waals surface area (Å²) in [5.41, 5.74) is 4.27. The minimum atomic E-state index is -3.98. The van der Waals surface area contributed by atoms with E-state index in [-0.39, 0.29) is 18.0 Å². The van der Waals surface area contributed by atoms with Crippen molar-refractivity contribution in [3.8, 4) is 5.19 Å². The summed E-state index contributed by atoms with van der Waals surface area (Å²) in [6.45, 7) is 4.62. The van der Waals surface area contributed by atoms with Crippen molar-refractivity contribution < 1.29 is 27.5 Å². The monoisotopic (exact) mass is 663 g/mol. The van der Waals surface area contributed by atoms with Crippen LogP contribution in [-0.4, -0.2) is 81.7 Å². The summed E-state index contributed by atoms with van der Waals surface area (Å²) < 4.78 is 45.5. The standard InChI is InChI=1S/C30H42N5O6PS2/c1-2-7-23-21-31-29(32-22-23)34-14-12-26(13-15-34)41-30-33-27-9-8-25(20-28(27)43-30)24-10-16-35(17-11-24)44(39,40)19-6-4-3-5-18-42(36,37)38/h8-10,20-22,26H,2-7,11-19H2,1H3,(H2,36,37,38). The van der Waals surface area contributed by atoms with Crippen LogP contribution in [0.4, 0.5) is 5.95 Å². The molecule has 0 amide bonds. The number of ether oxygens (including phenoxy) is 1. The molecule has 0 unspecified atom stereocenters. The van der Waals surface area contributed by atoms with Crippen LogP contribution < -0.4 is 9.64 Å². The molecular formula is C30H42N5O6PS2. The fourth-order valence-electron chi connectivity index (χ4n) is 5.65. The van der Waals surface area contributed by atoms with E-state index in [1.165, 1.54) is 9.87 Å². The Bertz CT molecular complexity index is 1580. The zero-order valence-corrected chi connectivity index (χ0v) is 27.7. The number of thiazole rings is 1. The Morgan fingerprint density at radius 2 is 1.82 bits per heavy atom. The van der Waals surface area contributed by atoms with E-state index in [9.17, 15) is 13.0 Å². The third kappa shape index (κ3) is 9.08. The van der Waals surface area contributed by atoms with E-state index >= 15 is 0 Å². The van der Waals surface area contributed by atoms with Gasteiger partial charge >= 0.3 is 7.60 Å². The number of nitrogens with zero attached hydrogens (tertiary/aromatic N) is 5. The molecule has 1 aromatic carbocycles. The molecule has 0 radical (unpaired) electrons. The first-order chi connectivity index (χ1) is 21.1. The smallest absolute Gasteiger partial charge is 0.325 e. The first-order valence-electron chi connectivity index (χ1n) is 15.4. The highest BCUT2D eigenvalue weighted by molar-refractivity contribution is 7.89. The van der Waals surface area contributed by atoms with E-state index in [0.717, 1.165) is 66.1 Å². The number of fused-ring (bicyclic) bond motifs is 1. The van der Waals surface area contributed by atoms with Crippen LogP contribution >= 0.6 is 18.9 Å². The summed E-state index contributed by atoms with van der Waals surface area (Å²) in [5.74, 6) is 0.836. The number of sulfonamides is 1. The van der Waals surface area contributed by atoms with Crippen molar-refractivity contribution in [3.05, 3.63) is 47.8 Å². The van der Waals surface area contributed by atoms with Gasteiger partial charge in [-0.2, -0.15) is 4.31 Å². The molecule has 0 saturated carbocycles. The second kappa shape index (κ2) is 14.8. The number of rotatable bonds is 14. The van der Waals surface area contributed by atoms with E-state index in [2.05, 4.69) is 27.9 Å². The molecule has 4 heterocycles. The fourth-order valence-corrected chi connectivity index (χ4v) is 8.70. The summed E-state index contributed by atoms with van der Waals surface area (Å²) in [4.78, 5) is 33.9. The molecule has 5 rings (SSSR count). The summed E-state index contributed by atoms with van der Waals surface area (Å²) in [6.07, 6.45) is 12.4. The molecular weight excluding hydrogens is 621 g/mol. The Kier molecular flexibility index (Phi) is 11.1. The van der Waals surface area contributed by atoms with Gasteiger partial charge in [-0.05, 0) is 54.5 Å². The molecule has 1 saturated heterocycles. The Morgan fingerprint density at radius 3 is 2.50 bits per heavy atom. The van der Waals surface area contributed by atoms with Gasteiger partial charge in [0.25, 0.3) is 5.19 Å². The SMILES string of the molecule is CCCc1cnc(N2CCC(Oc3nc4ccc(C5=CCN(S(=O)(=O)CCCCCCP(=O)(O)O)CC5)cc4s3)CC2)nc1. The largest absolute Gasteiger partial charge is 0.467 e. The van der Waals surface area contributed by atoms with Crippen molar-refractivity contribution in [2.75, 3.05) is 43.0 Å². The van der Waals surface area contributed by atoms with Gasteiger partial charge in [-0.15, -0.1) is 0 Å². The van der Waals surface area contributed by atoms with Crippen molar-refractivity contribution in [3.63, 3.8) is 0 Å². The average Bonchev–Trinajstić information content (AvgIpc) is 3.41. The summed E-state index contributed by atoms with van der Waals surface area (Å²) >= 11 is 1.54. The molecule has 44 heavy (non-hydrogen) atoms. The maximum Gasteiger partial charge on any atom is 0.325 e. The Labute approximate surface area is 263 Å². The second-order valence-corrected chi connectivity index (χ2v) is 16.4. The van der Waals surface area contributed by atoms with E-state index in [1.807, 2.05) is 30.6 Å². The van der Waals surface area contributed by atoms with Crippen LogP contribution in [0.1, 0.15) is 69.4 Å². The van der Waals surface area contributed by atoms with Crippen molar-refractivity contribution in [1.29, 1.82) is 0 Å². The van der Waals surface area contributed by atoms with E-state index in [0.29, 0.717) is 50.4 Å². The predicted octanol–water partition coefficient (Wildman–Crippen LogP) is 5.24. The van der Waals surface area contributed by atoms with E-state index < -0.39 is 17.6 Å². The first kappa shape index (κ1) is 33.0. The zero-order valence-electron chi connectivity index (χ0n) is 25.2. The molecule has 2 aliphatic rings. The molecule has 14 heteroatoms. The van der Waals surface area contributed by atoms with Crippen molar-refractivity contribution in [2.45, 2.75) is 70.8 Å². The van der Waals surface area contributed by atoms with Crippen LogP contribution in [0.25, 0.3) is 15.8 Å². The number of benzene rings is 1. The van der Waals surface area contributed by atoms with Crippen LogP contribution in [-0.2, 0) is 21.0 Å². The van der Waals surface area contributed by atoms with Gasteiger partial charge in [-0.3, -0.25) is 4.57 Å². The second-order valence-electron chi connectivity index (χ2n) is 11.6. The number of aromatic nitrogens is 3. The van der Waals surface area contributed by atoms with Crippen molar-refractivity contribution in [2.24, 2.45) is 0 Å². The van der Waals surface area contributed by atoms with Gasteiger partial charge in [0.2, 0.25) is 16.0 Å². The number of anilines is 1.